The minimum absolute atomic E-state index is 0.807. The van der Waals surface area contributed by atoms with Crippen molar-refractivity contribution < 1.29 is 0 Å². The van der Waals surface area contributed by atoms with E-state index in [1.165, 1.54) is 24.8 Å². The number of hydrogen-bond acceptors (Lipinski definition) is 4. The van der Waals surface area contributed by atoms with Crippen LogP contribution in [0.4, 0.5) is 5.69 Å². The summed E-state index contributed by atoms with van der Waals surface area (Å²) in [5.41, 5.74) is 8.06. The summed E-state index contributed by atoms with van der Waals surface area (Å²) in [6, 6.07) is 6.10. The molecule has 2 N–H and O–H groups in total. The summed E-state index contributed by atoms with van der Waals surface area (Å²) in [4.78, 5) is 1.07. The lowest BCUT2D eigenvalue weighted by Gasteiger charge is -2.08. The van der Waals surface area contributed by atoms with Crippen molar-refractivity contribution in [3.05, 3.63) is 29.6 Å². The number of fused-ring (bicyclic) bond motifs is 1. The number of hydrogen-bond donors (Lipinski definition) is 1. The molecule has 0 amide bonds. The number of anilines is 1. The molecule has 0 aliphatic carbocycles. The minimum Gasteiger partial charge on any atom is -0.398 e. The van der Waals surface area contributed by atoms with E-state index in [2.05, 4.69) is 27.8 Å². The van der Waals surface area contributed by atoms with Gasteiger partial charge in [-0.1, -0.05) is 12.5 Å². The zero-order chi connectivity index (χ0) is 13.2. The summed E-state index contributed by atoms with van der Waals surface area (Å²) in [5, 5.41) is 9.61. The molecule has 2 aromatic rings. The van der Waals surface area contributed by atoms with Crippen LogP contribution in [0.2, 0.25) is 0 Å². The predicted molar refractivity (Wildman–Crippen MR) is 77.3 cm³/mol. The molecular weight excluding hydrogens is 256 g/mol. The molecule has 0 spiro atoms. The molecule has 0 fully saturated rings. The molecule has 5 heteroatoms. The average Bonchev–Trinajstić information content (AvgIpc) is 2.62. The van der Waals surface area contributed by atoms with Gasteiger partial charge in [0, 0.05) is 23.5 Å². The predicted octanol–water partition coefficient (Wildman–Crippen LogP) is 3.05. The molecule has 1 aromatic heterocycles. The lowest BCUT2D eigenvalue weighted by Crippen LogP contribution is -2.02. The first-order chi connectivity index (χ1) is 9.24. The highest BCUT2D eigenvalue weighted by Crippen LogP contribution is 2.32. The van der Waals surface area contributed by atoms with Crippen molar-refractivity contribution in [2.75, 3.05) is 5.73 Å². The van der Waals surface area contributed by atoms with Crippen LogP contribution in [0.15, 0.2) is 28.3 Å². The van der Waals surface area contributed by atoms with Crippen molar-refractivity contribution in [1.82, 2.24) is 14.8 Å². The van der Waals surface area contributed by atoms with E-state index in [1.54, 1.807) is 11.8 Å². The molecule has 100 valence electrons. The van der Waals surface area contributed by atoms with Gasteiger partial charge >= 0.3 is 0 Å². The average molecular weight is 274 g/mol. The maximum absolute atomic E-state index is 6.03. The Hall–Kier alpha value is -1.49. The van der Waals surface area contributed by atoms with Gasteiger partial charge in [-0.2, -0.15) is 0 Å². The Labute approximate surface area is 117 Å². The van der Waals surface area contributed by atoms with E-state index in [-0.39, 0.29) is 0 Å². The number of aryl methyl sites for hydroxylation is 2. The Morgan fingerprint density at radius 2 is 2.11 bits per heavy atom. The first-order valence-electron chi connectivity index (χ1n) is 6.70. The quantitative estimate of drug-likeness (QED) is 0.855. The molecule has 1 aromatic carbocycles. The van der Waals surface area contributed by atoms with Gasteiger partial charge in [0.1, 0.15) is 5.82 Å². The maximum atomic E-state index is 6.03. The third kappa shape index (κ3) is 2.61. The van der Waals surface area contributed by atoms with Crippen LogP contribution < -0.4 is 5.73 Å². The number of nitrogens with zero attached hydrogens (tertiary/aromatic N) is 3. The van der Waals surface area contributed by atoms with Crippen LogP contribution >= 0.6 is 11.8 Å². The maximum Gasteiger partial charge on any atom is 0.196 e. The Balaban J connectivity index is 1.91. The Morgan fingerprint density at radius 3 is 3.00 bits per heavy atom. The van der Waals surface area contributed by atoms with Crippen molar-refractivity contribution in [2.24, 2.45) is 0 Å². The summed E-state index contributed by atoms with van der Waals surface area (Å²) >= 11 is 1.62. The van der Waals surface area contributed by atoms with Gasteiger partial charge in [0.2, 0.25) is 0 Å². The zero-order valence-corrected chi connectivity index (χ0v) is 11.9. The first kappa shape index (κ1) is 12.5. The molecule has 1 aliphatic heterocycles. The van der Waals surface area contributed by atoms with Crippen molar-refractivity contribution in [3.63, 3.8) is 0 Å². The van der Waals surface area contributed by atoms with E-state index < -0.39 is 0 Å². The van der Waals surface area contributed by atoms with E-state index in [0.717, 1.165) is 34.5 Å². The molecule has 0 radical (unpaired) electrons. The van der Waals surface area contributed by atoms with Crippen LogP contribution in [0.25, 0.3) is 0 Å². The number of benzene rings is 1. The van der Waals surface area contributed by atoms with Gasteiger partial charge in [0.05, 0.1) is 0 Å². The number of rotatable bonds is 2. The van der Waals surface area contributed by atoms with Crippen molar-refractivity contribution in [3.8, 4) is 0 Å². The van der Waals surface area contributed by atoms with Crippen molar-refractivity contribution in [2.45, 2.75) is 49.2 Å². The lowest BCUT2D eigenvalue weighted by molar-refractivity contribution is 0.591. The molecule has 0 unspecified atom stereocenters. The van der Waals surface area contributed by atoms with Gasteiger partial charge in [0.25, 0.3) is 0 Å². The molecule has 2 heterocycles. The summed E-state index contributed by atoms with van der Waals surface area (Å²) in [6.07, 6.45) is 4.74. The van der Waals surface area contributed by atoms with Crippen LogP contribution in [0.5, 0.6) is 0 Å². The van der Waals surface area contributed by atoms with E-state index in [9.17, 15) is 0 Å². The van der Waals surface area contributed by atoms with E-state index in [4.69, 9.17) is 5.73 Å². The SMILES string of the molecule is Cc1ccc(N)c(Sc2nnc3n2CCCCC3)c1. The van der Waals surface area contributed by atoms with Gasteiger partial charge in [0.15, 0.2) is 5.16 Å². The summed E-state index contributed by atoms with van der Waals surface area (Å²) in [5.74, 6) is 1.12. The van der Waals surface area contributed by atoms with Crippen LogP contribution in [0, 0.1) is 6.92 Å². The monoisotopic (exact) mass is 274 g/mol. The van der Waals surface area contributed by atoms with E-state index in [1.807, 2.05) is 12.1 Å². The standard InChI is InChI=1S/C14H18N4S/c1-10-6-7-11(15)12(9-10)19-14-17-16-13-5-3-2-4-8-18(13)14/h6-7,9H,2-5,8,15H2,1H3. The fourth-order valence-electron chi connectivity index (χ4n) is 2.36. The van der Waals surface area contributed by atoms with Crippen molar-refractivity contribution >= 4 is 17.4 Å². The Bertz CT molecular complexity index is 591. The molecule has 0 saturated carbocycles. The second kappa shape index (κ2) is 5.25. The highest BCUT2D eigenvalue weighted by Gasteiger charge is 2.16. The largest absolute Gasteiger partial charge is 0.398 e. The van der Waals surface area contributed by atoms with E-state index >= 15 is 0 Å². The van der Waals surface area contributed by atoms with Crippen LogP contribution in [0.1, 0.15) is 30.7 Å². The van der Waals surface area contributed by atoms with Gasteiger partial charge in [-0.25, -0.2) is 0 Å². The topological polar surface area (TPSA) is 56.7 Å². The minimum atomic E-state index is 0.807. The first-order valence-corrected chi connectivity index (χ1v) is 7.52. The molecule has 0 atom stereocenters. The van der Waals surface area contributed by atoms with Gasteiger partial charge < -0.3 is 10.3 Å². The van der Waals surface area contributed by atoms with Crippen LogP contribution in [-0.4, -0.2) is 14.8 Å². The molecule has 19 heavy (non-hydrogen) atoms. The Kier molecular flexibility index (Phi) is 3.46. The Morgan fingerprint density at radius 1 is 1.21 bits per heavy atom. The number of nitrogens with two attached hydrogens (primary N) is 1. The second-order valence-corrected chi connectivity index (χ2v) is 6.01. The summed E-state index contributed by atoms with van der Waals surface area (Å²) in [6.45, 7) is 3.10. The normalized spacial score (nSPS) is 15.0. The lowest BCUT2D eigenvalue weighted by atomic mass is 10.2. The van der Waals surface area contributed by atoms with Crippen molar-refractivity contribution in [1.29, 1.82) is 0 Å². The van der Waals surface area contributed by atoms with Crippen LogP contribution in [0.3, 0.4) is 0 Å². The fraction of sp³-hybridized carbons (Fsp3) is 0.429. The smallest absolute Gasteiger partial charge is 0.196 e. The number of nitrogen functional groups attached to an aromatic ring is 1. The molecule has 4 nitrogen and oxygen atoms in total. The van der Waals surface area contributed by atoms with Crippen LogP contribution in [-0.2, 0) is 13.0 Å². The molecule has 1 aliphatic rings. The third-order valence-corrected chi connectivity index (χ3v) is 4.50. The third-order valence-electron chi connectivity index (χ3n) is 3.45. The summed E-state index contributed by atoms with van der Waals surface area (Å²) in [7, 11) is 0. The van der Waals surface area contributed by atoms with Gasteiger partial charge in [-0.05, 0) is 49.2 Å². The molecule has 0 saturated heterocycles. The van der Waals surface area contributed by atoms with E-state index in [0.29, 0.717) is 0 Å². The number of aromatic nitrogens is 3. The molecule has 0 bridgehead atoms. The molecular formula is C14H18N4S. The second-order valence-electron chi connectivity index (χ2n) is 5.00. The fourth-order valence-corrected chi connectivity index (χ4v) is 3.38. The zero-order valence-electron chi connectivity index (χ0n) is 11.1. The highest BCUT2D eigenvalue weighted by atomic mass is 32.2. The highest BCUT2D eigenvalue weighted by molar-refractivity contribution is 7.99. The van der Waals surface area contributed by atoms with Gasteiger partial charge in [-0.15, -0.1) is 10.2 Å². The van der Waals surface area contributed by atoms with Gasteiger partial charge in [-0.3, -0.25) is 0 Å². The molecule has 3 rings (SSSR count). The summed E-state index contributed by atoms with van der Waals surface area (Å²) < 4.78 is 2.25.